The van der Waals surface area contributed by atoms with Crippen molar-refractivity contribution in [1.82, 2.24) is 45.1 Å². The highest BCUT2D eigenvalue weighted by molar-refractivity contribution is 6.35. The summed E-state index contributed by atoms with van der Waals surface area (Å²) in [6, 6.07) is 15.3. The summed E-state index contributed by atoms with van der Waals surface area (Å²) >= 11 is 12.8. The predicted octanol–water partition coefficient (Wildman–Crippen LogP) is 6.11. The van der Waals surface area contributed by atoms with Gasteiger partial charge in [-0.05, 0) is 81.1 Å². The van der Waals surface area contributed by atoms with Crippen LogP contribution in [0.4, 0.5) is 22.1 Å². The number of carbonyl (C=O) groups is 4. The van der Waals surface area contributed by atoms with Crippen molar-refractivity contribution in [1.29, 1.82) is 0 Å². The second kappa shape index (κ2) is 17.5. The third-order valence-electron chi connectivity index (χ3n) is 14.8. The van der Waals surface area contributed by atoms with Gasteiger partial charge in [0.05, 0.1) is 33.1 Å². The number of hydrogen-bond acceptors (Lipinski definition) is 12. The Labute approximate surface area is 407 Å². The van der Waals surface area contributed by atoms with Crippen LogP contribution in [-0.4, -0.2) is 133 Å². The Morgan fingerprint density at radius 2 is 1.64 bits per heavy atom. The van der Waals surface area contributed by atoms with Crippen LogP contribution >= 0.6 is 23.2 Å². The van der Waals surface area contributed by atoms with Crippen molar-refractivity contribution in [3.05, 3.63) is 82.7 Å². The van der Waals surface area contributed by atoms with E-state index in [9.17, 15) is 24.3 Å². The standard InChI is InChI=1S/C49H52Cl2N12O6/c1-29(43-36(50)23-52-24-37(43)51)69-33-5-7-38-35(20-33)44(56-55-38)31-3-8-40(53-22-31)61-25-48(26-61)27-62(28-48)46(66)30-9-14-60(15-10-30)42(65)21-49(68)12-17-59(18-13-49)32-4-6-34-39(19-32)58(2)57-45(34)63-16-11-41(64)54-47(63)67/h3-8,19-20,22-24,29-30,68H,9-18,21,25-28H2,1-2H3,(H,55,56)(H,54,64,67)/t29-/m1/s1. The summed E-state index contributed by atoms with van der Waals surface area (Å²) in [4.78, 5) is 70.0. The van der Waals surface area contributed by atoms with Crippen molar-refractivity contribution in [3.8, 4) is 17.0 Å². The van der Waals surface area contributed by atoms with Crippen LogP contribution in [-0.2, 0) is 21.4 Å². The third kappa shape index (κ3) is 8.45. The Morgan fingerprint density at radius 3 is 2.35 bits per heavy atom. The summed E-state index contributed by atoms with van der Waals surface area (Å²) in [6.07, 6.45) is 6.95. The quantitative estimate of drug-likeness (QED) is 0.143. The molecule has 6 aromatic rings. The van der Waals surface area contributed by atoms with Gasteiger partial charge in [0.25, 0.3) is 0 Å². The molecular formula is C49H52Cl2N12O6. The van der Waals surface area contributed by atoms with Gasteiger partial charge in [0.1, 0.15) is 23.4 Å². The lowest BCUT2D eigenvalue weighted by molar-refractivity contribution is -0.153. The van der Waals surface area contributed by atoms with Crippen LogP contribution in [0, 0.1) is 11.3 Å². The number of piperidine rings is 2. The summed E-state index contributed by atoms with van der Waals surface area (Å²) in [5.74, 6) is 1.74. The Morgan fingerprint density at radius 1 is 0.884 bits per heavy atom. The molecule has 0 radical (unpaired) electrons. The van der Waals surface area contributed by atoms with E-state index in [1.54, 1.807) is 17.1 Å². The van der Waals surface area contributed by atoms with E-state index in [1.165, 1.54) is 4.90 Å². The van der Waals surface area contributed by atoms with E-state index in [1.807, 2.05) is 78.5 Å². The van der Waals surface area contributed by atoms with Crippen LogP contribution in [0.2, 0.25) is 10.0 Å². The molecule has 3 N–H and O–H groups in total. The van der Waals surface area contributed by atoms with E-state index in [0.29, 0.717) is 79.0 Å². The first-order valence-corrected chi connectivity index (χ1v) is 24.2. The van der Waals surface area contributed by atoms with Gasteiger partial charge in [0, 0.05) is 130 Å². The summed E-state index contributed by atoms with van der Waals surface area (Å²) in [5, 5.41) is 28.8. The number of aryl methyl sites for hydroxylation is 1. The van der Waals surface area contributed by atoms with Gasteiger partial charge < -0.3 is 29.4 Å². The van der Waals surface area contributed by atoms with E-state index < -0.39 is 17.7 Å². The summed E-state index contributed by atoms with van der Waals surface area (Å²) in [7, 11) is 1.82. The number of amides is 5. The maximum atomic E-state index is 13.6. The molecule has 5 saturated heterocycles. The molecule has 5 fully saturated rings. The first-order chi connectivity index (χ1) is 33.2. The monoisotopic (exact) mass is 974 g/mol. The molecule has 0 saturated carbocycles. The van der Waals surface area contributed by atoms with E-state index in [2.05, 4.69) is 35.4 Å². The zero-order valence-electron chi connectivity index (χ0n) is 38.3. The van der Waals surface area contributed by atoms with E-state index in [-0.39, 0.29) is 48.4 Å². The van der Waals surface area contributed by atoms with Gasteiger partial charge in [-0.2, -0.15) is 10.2 Å². The Kier molecular flexibility index (Phi) is 11.4. The van der Waals surface area contributed by atoms with Gasteiger partial charge >= 0.3 is 6.03 Å². The molecule has 18 nitrogen and oxygen atoms in total. The number of nitrogens with one attached hydrogen (secondary N) is 2. The molecule has 358 valence electrons. The van der Waals surface area contributed by atoms with Gasteiger partial charge in [-0.25, -0.2) is 9.78 Å². The first-order valence-electron chi connectivity index (χ1n) is 23.5. The fourth-order valence-electron chi connectivity index (χ4n) is 10.9. The number of pyridine rings is 2. The number of benzene rings is 2. The predicted molar refractivity (Wildman–Crippen MR) is 260 cm³/mol. The summed E-state index contributed by atoms with van der Waals surface area (Å²) < 4.78 is 7.98. The zero-order chi connectivity index (χ0) is 47.8. The summed E-state index contributed by atoms with van der Waals surface area (Å²) in [5.41, 5.74) is 3.96. The second-order valence-corrected chi connectivity index (χ2v) is 20.3. The number of halogens is 2. The highest BCUT2D eigenvalue weighted by Crippen LogP contribution is 2.43. The molecule has 5 aliphatic rings. The van der Waals surface area contributed by atoms with Gasteiger partial charge in [-0.3, -0.25) is 39.4 Å². The number of hydrogen-bond donors (Lipinski definition) is 3. The average Bonchev–Trinajstić information content (AvgIpc) is 3.88. The van der Waals surface area contributed by atoms with Gasteiger partial charge in [-0.15, -0.1) is 0 Å². The van der Waals surface area contributed by atoms with Gasteiger partial charge in [0.15, 0.2) is 5.82 Å². The third-order valence-corrected chi connectivity index (χ3v) is 15.4. The lowest BCUT2D eigenvalue weighted by atomic mass is 9.72. The van der Waals surface area contributed by atoms with Gasteiger partial charge in [-0.1, -0.05) is 23.2 Å². The summed E-state index contributed by atoms with van der Waals surface area (Å²) in [6.45, 7) is 7.44. The number of rotatable bonds is 10. The lowest BCUT2D eigenvalue weighted by Gasteiger charge is -2.61. The minimum atomic E-state index is -1.11. The van der Waals surface area contributed by atoms with Crippen LogP contribution in [0.1, 0.15) is 57.1 Å². The van der Waals surface area contributed by atoms with Crippen molar-refractivity contribution in [3.63, 3.8) is 0 Å². The maximum absolute atomic E-state index is 13.6. The molecule has 0 unspecified atom stereocenters. The molecule has 0 aliphatic carbocycles. The second-order valence-electron chi connectivity index (χ2n) is 19.5. The number of nitrogens with zero attached hydrogens (tertiary/aromatic N) is 10. The molecular weight excluding hydrogens is 924 g/mol. The molecule has 9 heterocycles. The van der Waals surface area contributed by atoms with Crippen LogP contribution < -0.4 is 24.8 Å². The van der Waals surface area contributed by atoms with Crippen LogP contribution in [0.5, 0.6) is 5.75 Å². The molecule has 20 heteroatoms. The Balaban J connectivity index is 0.625. The fraction of sp³-hybridized carbons (Fsp3) is 0.429. The highest BCUT2D eigenvalue weighted by Gasteiger charge is 2.54. The topological polar surface area (TPSA) is 198 Å². The number of imide groups is 1. The normalized spacial score (nSPS) is 19.8. The van der Waals surface area contributed by atoms with Crippen molar-refractivity contribution in [2.75, 3.05) is 73.6 Å². The maximum Gasteiger partial charge on any atom is 0.329 e. The van der Waals surface area contributed by atoms with Crippen molar-refractivity contribution in [2.24, 2.45) is 18.4 Å². The molecule has 2 aromatic carbocycles. The number of aromatic amines is 1. The Hall–Kier alpha value is -6.50. The van der Waals surface area contributed by atoms with Crippen LogP contribution in [0.3, 0.4) is 0 Å². The number of ether oxygens (including phenoxy) is 1. The molecule has 1 atom stereocenters. The molecule has 11 rings (SSSR count). The number of anilines is 3. The number of likely N-dealkylation sites (tertiary alicyclic amines) is 2. The number of H-pyrrole nitrogens is 1. The van der Waals surface area contributed by atoms with E-state index >= 15 is 0 Å². The Bertz CT molecular complexity index is 2980. The molecule has 4 aromatic heterocycles. The van der Waals surface area contributed by atoms with Crippen molar-refractivity contribution in [2.45, 2.75) is 57.2 Å². The van der Waals surface area contributed by atoms with E-state index in [0.717, 1.165) is 70.7 Å². The number of aliphatic hydroxyl groups is 1. The molecule has 0 bridgehead atoms. The van der Waals surface area contributed by atoms with Crippen LogP contribution in [0.25, 0.3) is 33.1 Å². The highest BCUT2D eigenvalue weighted by atomic mass is 35.5. The molecule has 5 aliphatic heterocycles. The largest absolute Gasteiger partial charge is 0.486 e. The van der Waals surface area contributed by atoms with Gasteiger partial charge in [0.2, 0.25) is 17.7 Å². The smallest absolute Gasteiger partial charge is 0.329 e. The lowest BCUT2D eigenvalue weighted by Crippen LogP contribution is -2.73. The average molecular weight is 976 g/mol. The molecule has 5 amide bonds. The zero-order valence-corrected chi connectivity index (χ0v) is 39.8. The fourth-order valence-corrected chi connectivity index (χ4v) is 11.6. The molecule has 1 spiro atoms. The number of aromatic nitrogens is 6. The number of urea groups is 1. The SMILES string of the molecule is C[C@@H](Oc1ccc2[nH]nc(-c3ccc(N4CC5(CN(C(=O)C6CCN(C(=O)CC7(O)CCN(c8ccc9c(N%10CCC(=O)NC%10=O)nn(C)c9c8)CC7)CC6)C5)C4)nc3)c2c1)c1c(Cl)cncc1Cl. The van der Waals surface area contributed by atoms with Crippen LogP contribution in [0.15, 0.2) is 67.1 Å². The molecule has 69 heavy (non-hydrogen) atoms. The van der Waals surface area contributed by atoms with Crippen molar-refractivity contribution < 1.29 is 29.0 Å². The first kappa shape index (κ1) is 45.0. The minimum absolute atomic E-state index is 0.0586. The number of fused-ring (bicyclic) bond motifs is 2. The minimum Gasteiger partial charge on any atom is -0.486 e. The number of carbonyl (C=O) groups excluding carboxylic acids is 4. The van der Waals surface area contributed by atoms with Crippen molar-refractivity contribution >= 4 is 86.1 Å². The van der Waals surface area contributed by atoms with E-state index in [4.69, 9.17) is 32.9 Å².